The van der Waals surface area contributed by atoms with Gasteiger partial charge in [-0.25, -0.2) is 9.99 Å². The number of benzene rings is 2. The van der Waals surface area contributed by atoms with Crippen LogP contribution in [0.15, 0.2) is 81.5 Å². The molecule has 8 heteroatoms. The molecule has 3 heterocycles. The monoisotopic (exact) mass is 446 g/mol. The fourth-order valence-electron chi connectivity index (χ4n) is 3.83. The summed E-state index contributed by atoms with van der Waals surface area (Å²) in [5.74, 6) is 0.304. The van der Waals surface area contributed by atoms with Crippen LogP contribution in [-0.4, -0.2) is 26.2 Å². The lowest BCUT2D eigenvalue weighted by atomic mass is 10.0. The number of hydrogen-bond acceptors (Lipinski definition) is 5. The number of furan rings is 1. The number of nitrogens with zero attached hydrogens (tertiary/aromatic N) is 4. The minimum absolute atomic E-state index is 0.198. The van der Waals surface area contributed by atoms with Crippen LogP contribution in [0.3, 0.4) is 0 Å². The smallest absolute Gasteiger partial charge is 0.263 e. The van der Waals surface area contributed by atoms with E-state index in [9.17, 15) is 9.59 Å². The summed E-state index contributed by atoms with van der Waals surface area (Å²) in [4.78, 5) is 30.5. The number of halogens is 1. The first kappa shape index (κ1) is 20.2. The Morgan fingerprint density at radius 3 is 2.75 bits per heavy atom. The zero-order chi connectivity index (χ0) is 22.2. The number of fused-ring (bicyclic) bond motifs is 1. The van der Waals surface area contributed by atoms with Crippen molar-refractivity contribution in [2.45, 2.75) is 25.9 Å². The Morgan fingerprint density at radius 2 is 2.00 bits per heavy atom. The van der Waals surface area contributed by atoms with Crippen LogP contribution in [0.4, 0.5) is 0 Å². The number of carbonyl (C=O) groups is 1. The Morgan fingerprint density at radius 1 is 1.19 bits per heavy atom. The molecular weight excluding hydrogens is 428 g/mol. The summed E-state index contributed by atoms with van der Waals surface area (Å²) in [6.07, 6.45) is 3.46. The topological polar surface area (TPSA) is 80.7 Å². The summed E-state index contributed by atoms with van der Waals surface area (Å²) in [7, 11) is 0. The second kappa shape index (κ2) is 8.09. The van der Waals surface area contributed by atoms with Gasteiger partial charge in [0.1, 0.15) is 18.3 Å². The van der Waals surface area contributed by atoms with E-state index < -0.39 is 0 Å². The van der Waals surface area contributed by atoms with E-state index in [0.717, 1.165) is 16.8 Å². The molecule has 0 N–H and O–H groups in total. The predicted octanol–water partition coefficient (Wildman–Crippen LogP) is 4.33. The molecular formula is C24H19ClN4O3. The molecule has 0 saturated heterocycles. The Bertz CT molecular complexity index is 1390. The molecule has 0 fully saturated rings. The van der Waals surface area contributed by atoms with Gasteiger partial charge in [0.05, 0.1) is 29.2 Å². The van der Waals surface area contributed by atoms with E-state index in [4.69, 9.17) is 16.0 Å². The summed E-state index contributed by atoms with van der Waals surface area (Å²) in [5.41, 5.74) is 3.07. The van der Waals surface area contributed by atoms with Crippen LogP contribution < -0.4 is 5.56 Å². The molecule has 4 aromatic rings. The molecule has 0 bridgehead atoms. The third-order valence-corrected chi connectivity index (χ3v) is 5.75. The van der Waals surface area contributed by atoms with Crippen LogP contribution in [-0.2, 0) is 11.3 Å². The van der Waals surface area contributed by atoms with Crippen molar-refractivity contribution in [2.75, 3.05) is 0 Å². The Labute approximate surface area is 188 Å². The van der Waals surface area contributed by atoms with Gasteiger partial charge in [-0.3, -0.25) is 14.2 Å². The van der Waals surface area contributed by atoms with E-state index in [2.05, 4.69) is 10.1 Å². The molecule has 2 aromatic heterocycles. The van der Waals surface area contributed by atoms with Crippen LogP contribution in [0.5, 0.6) is 0 Å². The molecule has 5 rings (SSSR count). The lowest BCUT2D eigenvalue weighted by Crippen LogP contribution is -2.34. The second-order valence-corrected chi connectivity index (χ2v) is 8.16. The SMILES string of the molecule is Cc1ccc(C2=NN(C(=O)Cn3cnc4ccc(Cl)cc4c3=O)[C@H](c3ccco3)C2)cc1. The molecule has 0 saturated carbocycles. The summed E-state index contributed by atoms with van der Waals surface area (Å²) in [5, 5.41) is 6.81. The number of aryl methyl sites for hydroxylation is 1. The van der Waals surface area contributed by atoms with Crippen molar-refractivity contribution in [2.24, 2.45) is 5.10 Å². The van der Waals surface area contributed by atoms with Crippen molar-refractivity contribution in [3.8, 4) is 0 Å². The first-order chi connectivity index (χ1) is 15.5. The molecule has 7 nitrogen and oxygen atoms in total. The van der Waals surface area contributed by atoms with Gasteiger partial charge in [0.25, 0.3) is 11.5 Å². The Kier molecular flexibility index (Phi) is 5.11. The van der Waals surface area contributed by atoms with Crippen LogP contribution in [0.1, 0.15) is 29.3 Å². The number of amides is 1. The second-order valence-electron chi connectivity index (χ2n) is 7.73. The summed E-state index contributed by atoms with van der Waals surface area (Å²) < 4.78 is 6.86. The van der Waals surface area contributed by atoms with Crippen molar-refractivity contribution in [1.29, 1.82) is 0 Å². The average Bonchev–Trinajstić information content (AvgIpc) is 3.46. The lowest BCUT2D eigenvalue weighted by Gasteiger charge is -2.20. The van der Waals surface area contributed by atoms with Gasteiger partial charge in [0, 0.05) is 11.4 Å². The Hall–Kier alpha value is -3.71. The largest absolute Gasteiger partial charge is 0.467 e. The minimum atomic E-state index is -0.382. The van der Waals surface area contributed by atoms with Crippen molar-refractivity contribution >= 4 is 34.1 Å². The third-order valence-electron chi connectivity index (χ3n) is 5.51. The van der Waals surface area contributed by atoms with Gasteiger partial charge in [-0.1, -0.05) is 41.4 Å². The van der Waals surface area contributed by atoms with E-state index in [1.165, 1.54) is 15.9 Å². The molecule has 1 aliphatic heterocycles. The molecule has 1 amide bonds. The maximum Gasteiger partial charge on any atom is 0.263 e. The highest BCUT2D eigenvalue weighted by Gasteiger charge is 2.35. The molecule has 1 aliphatic rings. The average molecular weight is 447 g/mol. The fourth-order valence-corrected chi connectivity index (χ4v) is 4.00. The number of aromatic nitrogens is 2. The van der Waals surface area contributed by atoms with Gasteiger partial charge in [-0.05, 0) is 42.8 Å². The highest BCUT2D eigenvalue weighted by Crippen LogP contribution is 2.33. The molecule has 0 spiro atoms. The molecule has 2 aromatic carbocycles. The van der Waals surface area contributed by atoms with Gasteiger partial charge in [-0.15, -0.1) is 0 Å². The van der Waals surface area contributed by atoms with E-state index >= 15 is 0 Å². The molecule has 0 radical (unpaired) electrons. The summed E-state index contributed by atoms with van der Waals surface area (Å²) >= 11 is 6.03. The first-order valence-electron chi connectivity index (χ1n) is 10.1. The normalized spacial score (nSPS) is 15.9. The van der Waals surface area contributed by atoms with Crippen LogP contribution in [0, 0.1) is 6.92 Å². The highest BCUT2D eigenvalue weighted by atomic mass is 35.5. The number of carbonyl (C=O) groups excluding carboxylic acids is 1. The zero-order valence-electron chi connectivity index (χ0n) is 17.2. The maximum atomic E-state index is 13.3. The van der Waals surface area contributed by atoms with Gasteiger partial charge in [0.15, 0.2) is 0 Å². The van der Waals surface area contributed by atoms with Crippen molar-refractivity contribution < 1.29 is 9.21 Å². The van der Waals surface area contributed by atoms with E-state index in [1.54, 1.807) is 30.5 Å². The van der Waals surface area contributed by atoms with Crippen LogP contribution in [0.25, 0.3) is 10.9 Å². The standard InChI is InChI=1S/C24H19ClN4O3/c1-15-4-6-16(7-5-15)20-12-21(22-3-2-10-32-22)29(27-20)23(30)13-28-14-26-19-9-8-17(25)11-18(19)24(28)31/h2-11,14,21H,12-13H2,1H3/t21-/m0/s1. The summed E-state index contributed by atoms with van der Waals surface area (Å²) in [6, 6.07) is 16.1. The van der Waals surface area contributed by atoms with Crippen molar-refractivity contribution in [3.63, 3.8) is 0 Å². The van der Waals surface area contributed by atoms with Gasteiger partial charge in [-0.2, -0.15) is 5.10 Å². The molecule has 0 aliphatic carbocycles. The molecule has 160 valence electrons. The number of hydrazone groups is 1. The zero-order valence-corrected chi connectivity index (χ0v) is 18.0. The van der Waals surface area contributed by atoms with E-state index in [0.29, 0.717) is 28.1 Å². The highest BCUT2D eigenvalue weighted by molar-refractivity contribution is 6.31. The number of hydrogen-bond donors (Lipinski definition) is 0. The first-order valence-corrected chi connectivity index (χ1v) is 10.5. The minimum Gasteiger partial charge on any atom is -0.467 e. The van der Waals surface area contributed by atoms with Crippen LogP contribution >= 0.6 is 11.6 Å². The molecule has 0 unspecified atom stereocenters. The quantitative estimate of drug-likeness (QED) is 0.467. The summed E-state index contributed by atoms with van der Waals surface area (Å²) in [6.45, 7) is 1.82. The van der Waals surface area contributed by atoms with Gasteiger partial charge >= 0.3 is 0 Å². The van der Waals surface area contributed by atoms with Crippen LogP contribution in [0.2, 0.25) is 5.02 Å². The van der Waals surface area contributed by atoms with E-state index in [1.807, 2.05) is 37.3 Å². The number of rotatable bonds is 4. The van der Waals surface area contributed by atoms with Crippen molar-refractivity contribution in [1.82, 2.24) is 14.6 Å². The van der Waals surface area contributed by atoms with Gasteiger partial charge in [0.2, 0.25) is 0 Å². The molecule has 32 heavy (non-hydrogen) atoms. The lowest BCUT2D eigenvalue weighted by molar-refractivity contribution is -0.134. The van der Waals surface area contributed by atoms with Gasteiger partial charge < -0.3 is 4.42 Å². The maximum absolute atomic E-state index is 13.3. The molecule has 1 atom stereocenters. The third kappa shape index (κ3) is 3.71. The predicted molar refractivity (Wildman–Crippen MR) is 122 cm³/mol. The van der Waals surface area contributed by atoms with Crippen molar-refractivity contribution in [3.05, 3.63) is 99.5 Å². The fraction of sp³-hybridized carbons (Fsp3) is 0.167. The van der Waals surface area contributed by atoms with E-state index in [-0.39, 0.29) is 24.1 Å². The Balaban J connectivity index is 1.48.